The normalized spacial score (nSPS) is 22.3. The van der Waals surface area contributed by atoms with Crippen LogP contribution in [0.25, 0.3) is 0 Å². The predicted molar refractivity (Wildman–Crippen MR) is 73.8 cm³/mol. The molecule has 2 nitrogen and oxygen atoms in total. The van der Waals surface area contributed by atoms with E-state index in [1.54, 1.807) is 11.8 Å². The smallest absolute Gasteiger partial charge is 0.349 e. The lowest BCUT2D eigenvalue weighted by Crippen LogP contribution is -2.34. The van der Waals surface area contributed by atoms with Crippen molar-refractivity contribution in [3.63, 3.8) is 0 Å². The molecule has 0 bridgehead atoms. The molecule has 1 aromatic rings. The van der Waals surface area contributed by atoms with Gasteiger partial charge in [-0.05, 0) is 37.7 Å². The van der Waals surface area contributed by atoms with Crippen LogP contribution in [0.5, 0.6) is 0 Å². The van der Waals surface area contributed by atoms with Crippen molar-refractivity contribution in [3.05, 3.63) is 35.1 Å². The monoisotopic (exact) mass is 321 g/mol. The minimum atomic E-state index is -4.81. The zero-order valence-electron chi connectivity index (χ0n) is 11.3. The molecule has 21 heavy (non-hydrogen) atoms. The van der Waals surface area contributed by atoms with Crippen LogP contribution in [-0.4, -0.2) is 23.5 Å². The van der Waals surface area contributed by atoms with Gasteiger partial charge >= 0.3 is 6.18 Å². The van der Waals surface area contributed by atoms with Gasteiger partial charge in [-0.15, -0.1) is 0 Å². The van der Waals surface area contributed by atoms with E-state index >= 15 is 0 Å². The molecule has 0 aromatic heterocycles. The molecule has 1 saturated carbocycles. The summed E-state index contributed by atoms with van der Waals surface area (Å²) in [6.45, 7) is 0. The number of halogens is 4. The molecule has 1 aliphatic rings. The number of thioether (sulfide) groups is 1. The zero-order chi connectivity index (χ0) is 15.6. The Labute approximate surface area is 124 Å². The Morgan fingerprint density at radius 3 is 2.62 bits per heavy atom. The summed E-state index contributed by atoms with van der Waals surface area (Å²) < 4.78 is 51.7. The summed E-state index contributed by atoms with van der Waals surface area (Å²) in [4.78, 5) is 12.0. The highest BCUT2D eigenvalue weighted by Crippen LogP contribution is 2.33. The first kappa shape index (κ1) is 16.1. The Kier molecular flexibility index (Phi) is 4.81. The minimum absolute atomic E-state index is 0.108. The summed E-state index contributed by atoms with van der Waals surface area (Å²) in [7, 11) is 0. The minimum Gasteiger partial charge on any atom is -0.349 e. The predicted octanol–water partition coefficient (Wildman–Crippen LogP) is 3.86. The largest absolute Gasteiger partial charge is 0.419 e. The molecular formula is C14H15F4NOS. The fraction of sp³-hybridized carbons (Fsp3) is 0.500. The highest BCUT2D eigenvalue weighted by Gasteiger charge is 2.36. The molecule has 0 spiro atoms. The fourth-order valence-electron chi connectivity index (χ4n) is 2.47. The molecule has 1 aliphatic carbocycles. The summed E-state index contributed by atoms with van der Waals surface area (Å²) in [5, 5.41) is 3.05. The summed E-state index contributed by atoms with van der Waals surface area (Å²) in [5.74, 6) is -2.30. The van der Waals surface area contributed by atoms with Gasteiger partial charge in [0.25, 0.3) is 5.91 Å². The van der Waals surface area contributed by atoms with Gasteiger partial charge in [-0.2, -0.15) is 24.9 Å². The van der Waals surface area contributed by atoms with E-state index in [1.807, 2.05) is 6.26 Å². The van der Waals surface area contributed by atoms with Crippen molar-refractivity contribution in [2.45, 2.75) is 36.7 Å². The molecule has 0 radical (unpaired) electrons. The third-order valence-electron chi connectivity index (χ3n) is 3.60. The van der Waals surface area contributed by atoms with Crippen LogP contribution in [0.3, 0.4) is 0 Å². The number of amides is 1. The van der Waals surface area contributed by atoms with Crippen molar-refractivity contribution in [2.75, 3.05) is 6.26 Å². The molecule has 0 heterocycles. The molecule has 7 heteroatoms. The van der Waals surface area contributed by atoms with Crippen LogP contribution < -0.4 is 5.32 Å². The number of hydrogen-bond acceptors (Lipinski definition) is 2. The molecule has 1 amide bonds. The Balaban J connectivity index is 2.13. The maximum absolute atomic E-state index is 13.9. The quantitative estimate of drug-likeness (QED) is 0.857. The Bertz CT molecular complexity index is 532. The van der Waals surface area contributed by atoms with Crippen molar-refractivity contribution >= 4 is 17.7 Å². The van der Waals surface area contributed by atoms with Crippen LogP contribution in [0.15, 0.2) is 18.2 Å². The van der Waals surface area contributed by atoms with E-state index in [1.165, 1.54) is 0 Å². The molecule has 0 saturated heterocycles. The van der Waals surface area contributed by atoms with Crippen molar-refractivity contribution in [3.8, 4) is 0 Å². The van der Waals surface area contributed by atoms with E-state index in [0.29, 0.717) is 11.3 Å². The second kappa shape index (κ2) is 6.25. The van der Waals surface area contributed by atoms with Gasteiger partial charge in [-0.25, -0.2) is 4.39 Å². The van der Waals surface area contributed by atoms with Crippen molar-refractivity contribution in [1.29, 1.82) is 0 Å². The second-order valence-corrected chi connectivity index (χ2v) is 6.14. The summed E-state index contributed by atoms with van der Waals surface area (Å²) in [6, 6.07) is 2.64. The van der Waals surface area contributed by atoms with E-state index in [4.69, 9.17) is 0 Å². The highest BCUT2D eigenvalue weighted by atomic mass is 32.2. The third kappa shape index (κ3) is 3.70. The van der Waals surface area contributed by atoms with Crippen LogP contribution in [-0.2, 0) is 6.18 Å². The molecule has 2 atom stereocenters. The van der Waals surface area contributed by atoms with Crippen molar-refractivity contribution in [1.82, 2.24) is 5.32 Å². The SMILES string of the molecule is CSC1CCC(NC(=O)c2cccc(C(F)(F)F)c2F)C1. The van der Waals surface area contributed by atoms with Gasteiger partial charge in [0.15, 0.2) is 0 Å². The maximum atomic E-state index is 13.9. The molecule has 116 valence electrons. The number of alkyl halides is 3. The van der Waals surface area contributed by atoms with Gasteiger partial charge in [-0.3, -0.25) is 4.79 Å². The molecule has 1 aromatic carbocycles. The molecule has 2 rings (SSSR count). The summed E-state index contributed by atoms with van der Waals surface area (Å²) in [6.07, 6.45) is -0.373. The number of benzene rings is 1. The van der Waals surface area contributed by atoms with Crippen molar-refractivity contribution < 1.29 is 22.4 Å². The van der Waals surface area contributed by atoms with Crippen LogP contribution >= 0.6 is 11.8 Å². The van der Waals surface area contributed by atoms with Gasteiger partial charge < -0.3 is 5.32 Å². The maximum Gasteiger partial charge on any atom is 0.419 e. The fourth-order valence-corrected chi connectivity index (χ4v) is 3.27. The number of rotatable bonds is 3. The lowest BCUT2D eigenvalue weighted by molar-refractivity contribution is -0.140. The van der Waals surface area contributed by atoms with Gasteiger partial charge in [0.1, 0.15) is 5.82 Å². The third-order valence-corrected chi connectivity index (χ3v) is 4.70. The van der Waals surface area contributed by atoms with E-state index in [9.17, 15) is 22.4 Å². The lowest BCUT2D eigenvalue weighted by Gasteiger charge is -2.15. The van der Waals surface area contributed by atoms with E-state index in [2.05, 4.69) is 5.32 Å². The standard InChI is InChI=1S/C14H15F4NOS/c1-21-9-6-5-8(7-9)19-13(20)10-3-2-4-11(12(10)15)14(16,17)18/h2-4,8-9H,5-7H2,1H3,(H,19,20). The first-order chi connectivity index (χ1) is 9.82. The van der Waals surface area contributed by atoms with E-state index in [0.717, 1.165) is 31.4 Å². The average Bonchev–Trinajstić information content (AvgIpc) is 2.85. The van der Waals surface area contributed by atoms with Crippen molar-refractivity contribution in [2.24, 2.45) is 0 Å². The Morgan fingerprint density at radius 2 is 2.05 bits per heavy atom. The molecular weight excluding hydrogens is 306 g/mol. The van der Waals surface area contributed by atoms with Gasteiger partial charge in [0, 0.05) is 11.3 Å². The number of carbonyl (C=O) groups is 1. The van der Waals surface area contributed by atoms with Gasteiger partial charge in [-0.1, -0.05) is 6.07 Å². The molecule has 1 fully saturated rings. The Hall–Kier alpha value is -1.24. The molecule has 1 N–H and O–H groups in total. The van der Waals surface area contributed by atoms with Gasteiger partial charge in [0.2, 0.25) is 0 Å². The molecule has 0 aliphatic heterocycles. The van der Waals surface area contributed by atoms with Crippen LogP contribution in [0.1, 0.15) is 35.2 Å². The van der Waals surface area contributed by atoms with E-state index < -0.39 is 29.0 Å². The van der Waals surface area contributed by atoms with E-state index in [-0.39, 0.29) is 6.04 Å². The number of nitrogens with one attached hydrogen (secondary N) is 1. The Morgan fingerprint density at radius 1 is 1.33 bits per heavy atom. The number of carbonyl (C=O) groups excluding carboxylic acids is 1. The summed E-state index contributed by atoms with van der Waals surface area (Å²) >= 11 is 1.69. The first-order valence-electron chi connectivity index (χ1n) is 6.52. The summed E-state index contributed by atoms with van der Waals surface area (Å²) in [5.41, 5.74) is -1.97. The average molecular weight is 321 g/mol. The highest BCUT2D eigenvalue weighted by molar-refractivity contribution is 7.99. The topological polar surface area (TPSA) is 29.1 Å². The second-order valence-electron chi connectivity index (χ2n) is 5.01. The van der Waals surface area contributed by atoms with Crippen LogP contribution in [0, 0.1) is 5.82 Å². The number of hydrogen-bond donors (Lipinski definition) is 1. The lowest BCUT2D eigenvalue weighted by atomic mass is 10.1. The zero-order valence-corrected chi connectivity index (χ0v) is 12.2. The molecule has 2 unspecified atom stereocenters. The van der Waals surface area contributed by atoms with Gasteiger partial charge in [0.05, 0.1) is 11.1 Å². The van der Waals surface area contributed by atoms with Crippen LogP contribution in [0.4, 0.5) is 17.6 Å². The first-order valence-corrected chi connectivity index (χ1v) is 7.81. The van der Waals surface area contributed by atoms with Crippen LogP contribution in [0.2, 0.25) is 0 Å².